The molecule has 0 aliphatic heterocycles. The zero-order valence-corrected chi connectivity index (χ0v) is 13.5. The predicted molar refractivity (Wildman–Crippen MR) is 81.7 cm³/mol. The molecule has 0 amide bonds. The van der Waals surface area contributed by atoms with Gasteiger partial charge in [-0.15, -0.1) is 0 Å². The number of rotatable bonds is 7. The molecule has 0 spiro atoms. The van der Waals surface area contributed by atoms with Crippen LogP contribution in [0.15, 0.2) is 18.2 Å². The molecule has 0 radical (unpaired) electrons. The Labute approximate surface area is 126 Å². The number of nitrogens with one attached hydrogen (secondary N) is 1. The minimum atomic E-state index is -0.372. The van der Waals surface area contributed by atoms with E-state index in [9.17, 15) is 4.79 Å². The number of esters is 1. The minimum absolute atomic E-state index is 0.0124. The summed E-state index contributed by atoms with van der Waals surface area (Å²) in [4.78, 5) is 11.4. The largest absolute Gasteiger partial charge is 0.497 e. The molecule has 0 aliphatic rings. The van der Waals surface area contributed by atoms with Crippen LogP contribution >= 0.6 is 0 Å². The topological polar surface area (TPSA) is 56.8 Å². The smallest absolute Gasteiger partial charge is 0.344 e. The quantitative estimate of drug-likeness (QED) is 0.783. The van der Waals surface area contributed by atoms with Gasteiger partial charge in [0.15, 0.2) is 6.61 Å². The molecular weight excluding hydrogens is 270 g/mol. The Hall–Kier alpha value is -1.75. The zero-order chi connectivity index (χ0) is 15.9. The van der Waals surface area contributed by atoms with Crippen LogP contribution in [-0.4, -0.2) is 31.8 Å². The molecule has 0 bridgehead atoms. The second-order valence-corrected chi connectivity index (χ2v) is 5.67. The highest BCUT2D eigenvalue weighted by Crippen LogP contribution is 2.24. The number of hydrogen-bond acceptors (Lipinski definition) is 5. The first-order valence-corrected chi connectivity index (χ1v) is 7.06. The third kappa shape index (κ3) is 6.49. The van der Waals surface area contributed by atoms with Crippen LogP contribution in [0.25, 0.3) is 0 Å². The van der Waals surface area contributed by atoms with E-state index in [-0.39, 0.29) is 18.1 Å². The molecule has 0 atom stereocenters. The van der Waals surface area contributed by atoms with Gasteiger partial charge in [-0.25, -0.2) is 4.79 Å². The van der Waals surface area contributed by atoms with E-state index < -0.39 is 0 Å². The van der Waals surface area contributed by atoms with Crippen molar-refractivity contribution in [2.24, 2.45) is 0 Å². The maximum Gasteiger partial charge on any atom is 0.344 e. The Balaban J connectivity index is 2.78. The van der Waals surface area contributed by atoms with Gasteiger partial charge in [0.1, 0.15) is 11.5 Å². The highest BCUT2D eigenvalue weighted by atomic mass is 16.6. The molecule has 0 unspecified atom stereocenters. The minimum Gasteiger partial charge on any atom is -0.497 e. The first-order valence-electron chi connectivity index (χ1n) is 7.06. The molecule has 1 rings (SSSR count). The van der Waals surface area contributed by atoms with Crippen LogP contribution in [0.3, 0.4) is 0 Å². The third-order valence-electron chi connectivity index (χ3n) is 2.73. The van der Waals surface area contributed by atoms with Crippen LogP contribution in [0.5, 0.6) is 11.5 Å². The number of carbonyl (C=O) groups is 1. The number of ether oxygens (including phenoxy) is 3. The number of carbonyl (C=O) groups excluding carboxylic acids is 1. The fourth-order valence-electron chi connectivity index (χ4n) is 1.66. The summed E-state index contributed by atoms with van der Waals surface area (Å²) in [5, 5.41) is 3.39. The molecular formula is C16H25NO4. The van der Waals surface area contributed by atoms with Crippen LogP contribution in [0.4, 0.5) is 0 Å². The Kier molecular flexibility index (Phi) is 6.49. The van der Waals surface area contributed by atoms with Crippen molar-refractivity contribution in [1.29, 1.82) is 0 Å². The second kappa shape index (κ2) is 7.88. The lowest BCUT2D eigenvalue weighted by Crippen LogP contribution is -2.35. The molecule has 0 aliphatic carbocycles. The summed E-state index contributed by atoms with van der Waals surface area (Å²) in [6, 6.07) is 5.51. The summed E-state index contributed by atoms with van der Waals surface area (Å²) in [6.07, 6.45) is 0. The van der Waals surface area contributed by atoms with Crippen molar-refractivity contribution in [3.63, 3.8) is 0 Å². The van der Waals surface area contributed by atoms with Gasteiger partial charge in [0.05, 0.1) is 13.7 Å². The van der Waals surface area contributed by atoms with E-state index in [0.29, 0.717) is 18.9 Å². The lowest BCUT2D eigenvalue weighted by molar-refractivity contribution is -0.145. The average molecular weight is 295 g/mol. The average Bonchev–Trinajstić information content (AvgIpc) is 2.42. The fourth-order valence-corrected chi connectivity index (χ4v) is 1.66. The fraction of sp³-hybridized carbons (Fsp3) is 0.562. The van der Waals surface area contributed by atoms with Crippen LogP contribution in [0.1, 0.15) is 33.3 Å². The van der Waals surface area contributed by atoms with E-state index >= 15 is 0 Å². The van der Waals surface area contributed by atoms with E-state index in [4.69, 9.17) is 14.2 Å². The van der Waals surface area contributed by atoms with E-state index in [1.807, 2.05) is 6.07 Å². The van der Waals surface area contributed by atoms with Gasteiger partial charge >= 0.3 is 5.97 Å². The number of methoxy groups -OCH3 is 1. The molecule has 0 fully saturated rings. The summed E-state index contributed by atoms with van der Waals surface area (Å²) >= 11 is 0. The summed E-state index contributed by atoms with van der Waals surface area (Å²) < 4.78 is 15.6. The molecule has 0 saturated heterocycles. The van der Waals surface area contributed by atoms with Crippen LogP contribution in [0.2, 0.25) is 0 Å². The van der Waals surface area contributed by atoms with Gasteiger partial charge in [-0.2, -0.15) is 0 Å². The molecule has 0 heterocycles. The normalized spacial score (nSPS) is 11.1. The monoisotopic (exact) mass is 295 g/mol. The van der Waals surface area contributed by atoms with E-state index in [1.165, 1.54) is 0 Å². The molecule has 1 aromatic carbocycles. The van der Waals surface area contributed by atoms with Crippen molar-refractivity contribution in [3.8, 4) is 11.5 Å². The first kappa shape index (κ1) is 17.3. The lowest BCUT2D eigenvalue weighted by Gasteiger charge is -2.22. The van der Waals surface area contributed by atoms with Gasteiger partial charge in [-0.3, -0.25) is 0 Å². The summed E-state index contributed by atoms with van der Waals surface area (Å²) in [7, 11) is 1.62. The van der Waals surface area contributed by atoms with Crippen LogP contribution < -0.4 is 14.8 Å². The van der Waals surface area contributed by atoms with Crippen molar-refractivity contribution < 1.29 is 19.0 Å². The first-order chi connectivity index (χ1) is 9.85. The molecule has 21 heavy (non-hydrogen) atoms. The van der Waals surface area contributed by atoms with Crippen LogP contribution in [-0.2, 0) is 16.1 Å². The van der Waals surface area contributed by atoms with E-state index in [1.54, 1.807) is 26.2 Å². The Morgan fingerprint density at radius 2 is 2.00 bits per heavy atom. The summed E-state index contributed by atoms with van der Waals surface area (Å²) in [5.74, 6) is 1.04. The molecule has 118 valence electrons. The van der Waals surface area contributed by atoms with Crippen molar-refractivity contribution >= 4 is 5.97 Å². The highest BCUT2D eigenvalue weighted by molar-refractivity contribution is 5.71. The highest BCUT2D eigenvalue weighted by Gasteiger charge is 2.13. The SMILES string of the molecule is CCOC(=O)COc1ccc(OC)cc1CNC(C)(C)C. The molecule has 5 heteroatoms. The maximum atomic E-state index is 11.4. The van der Waals surface area contributed by atoms with E-state index in [2.05, 4.69) is 26.1 Å². The Morgan fingerprint density at radius 3 is 2.57 bits per heavy atom. The number of benzene rings is 1. The van der Waals surface area contributed by atoms with Gasteiger partial charge < -0.3 is 19.5 Å². The zero-order valence-electron chi connectivity index (χ0n) is 13.5. The van der Waals surface area contributed by atoms with Crippen LogP contribution in [0, 0.1) is 0 Å². The lowest BCUT2D eigenvalue weighted by atomic mass is 10.1. The molecule has 0 aromatic heterocycles. The molecule has 0 saturated carbocycles. The van der Waals surface area contributed by atoms with Crippen molar-refractivity contribution in [2.75, 3.05) is 20.3 Å². The van der Waals surface area contributed by atoms with E-state index in [0.717, 1.165) is 11.3 Å². The standard InChI is InChI=1S/C16H25NO4/c1-6-20-15(18)11-21-14-8-7-13(19-5)9-12(14)10-17-16(2,3)4/h7-9,17H,6,10-11H2,1-5H3. The Bertz CT molecular complexity index is 466. The van der Waals surface area contributed by atoms with Crippen molar-refractivity contribution in [3.05, 3.63) is 23.8 Å². The van der Waals surface area contributed by atoms with Gasteiger partial charge in [0, 0.05) is 17.6 Å². The maximum absolute atomic E-state index is 11.4. The Morgan fingerprint density at radius 1 is 1.29 bits per heavy atom. The predicted octanol–water partition coefficient (Wildman–Crippen LogP) is 2.53. The summed E-state index contributed by atoms with van der Waals surface area (Å²) in [5.41, 5.74) is 0.926. The van der Waals surface area contributed by atoms with Gasteiger partial charge in [-0.05, 0) is 45.9 Å². The summed E-state index contributed by atoms with van der Waals surface area (Å²) in [6.45, 7) is 8.92. The number of hydrogen-bond donors (Lipinski definition) is 1. The van der Waals surface area contributed by atoms with Gasteiger partial charge in [-0.1, -0.05) is 0 Å². The second-order valence-electron chi connectivity index (χ2n) is 5.67. The molecule has 5 nitrogen and oxygen atoms in total. The van der Waals surface area contributed by atoms with Crippen molar-refractivity contribution in [2.45, 2.75) is 39.8 Å². The van der Waals surface area contributed by atoms with Gasteiger partial charge in [0.2, 0.25) is 0 Å². The molecule has 1 N–H and O–H groups in total. The molecule has 1 aromatic rings. The third-order valence-corrected chi connectivity index (χ3v) is 2.73. The van der Waals surface area contributed by atoms with Crippen molar-refractivity contribution in [1.82, 2.24) is 5.32 Å². The van der Waals surface area contributed by atoms with Gasteiger partial charge in [0.25, 0.3) is 0 Å².